The van der Waals surface area contributed by atoms with Crippen molar-refractivity contribution >= 4 is 40.2 Å². The van der Waals surface area contributed by atoms with Crippen LogP contribution in [0.1, 0.15) is 32.1 Å². The Balaban J connectivity index is 1.42. The Kier molecular flexibility index (Phi) is 7.09. The second-order valence-corrected chi connectivity index (χ2v) is 7.60. The molecule has 0 unspecified atom stereocenters. The average Bonchev–Trinajstić information content (AvgIpc) is 2.72. The topological polar surface area (TPSA) is 71.5 Å². The highest BCUT2D eigenvalue weighted by Crippen LogP contribution is 2.27. The molecule has 1 aromatic heterocycles. The third kappa shape index (κ3) is 5.58. The number of fused-ring (bicyclic) bond motifs is 1. The molecular weight excluding hydrogens is 378 g/mol. The zero-order chi connectivity index (χ0) is 19.9. The van der Waals surface area contributed by atoms with E-state index in [1.165, 1.54) is 7.05 Å². The SMILES string of the molecule is CNC(=O)COC(=O)CCCC1CCN(c2ccc3ccc(Cl)cc3n2)CC1. The Labute approximate surface area is 170 Å². The molecule has 1 aliphatic rings. The van der Waals surface area contributed by atoms with Crippen LogP contribution in [0.3, 0.4) is 0 Å². The minimum atomic E-state index is -0.305. The van der Waals surface area contributed by atoms with Crippen molar-refractivity contribution in [2.75, 3.05) is 31.6 Å². The lowest BCUT2D eigenvalue weighted by Gasteiger charge is -2.33. The lowest BCUT2D eigenvalue weighted by Crippen LogP contribution is -2.34. The van der Waals surface area contributed by atoms with Gasteiger partial charge in [0.15, 0.2) is 6.61 Å². The molecule has 0 spiro atoms. The summed E-state index contributed by atoms with van der Waals surface area (Å²) in [5, 5.41) is 4.21. The van der Waals surface area contributed by atoms with Gasteiger partial charge in [0.2, 0.25) is 0 Å². The number of amides is 1. The monoisotopic (exact) mass is 403 g/mol. The molecular formula is C21H26ClN3O3. The summed E-state index contributed by atoms with van der Waals surface area (Å²) in [6.45, 7) is 1.73. The van der Waals surface area contributed by atoms with Gasteiger partial charge >= 0.3 is 5.97 Å². The van der Waals surface area contributed by atoms with Crippen LogP contribution in [-0.4, -0.2) is 43.6 Å². The number of ether oxygens (including phenoxy) is 1. The molecule has 3 rings (SSSR count). The van der Waals surface area contributed by atoms with Gasteiger partial charge in [0.05, 0.1) is 5.52 Å². The van der Waals surface area contributed by atoms with E-state index in [0.717, 1.165) is 55.5 Å². The number of carbonyl (C=O) groups excluding carboxylic acids is 2. The Morgan fingerprint density at radius 3 is 2.75 bits per heavy atom. The molecule has 7 heteroatoms. The largest absolute Gasteiger partial charge is 0.456 e. The summed E-state index contributed by atoms with van der Waals surface area (Å²) >= 11 is 6.08. The predicted molar refractivity (Wildman–Crippen MR) is 111 cm³/mol. The number of nitrogens with one attached hydrogen (secondary N) is 1. The molecule has 0 bridgehead atoms. The summed E-state index contributed by atoms with van der Waals surface area (Å²) in [4.78, 5) is 29.8. The summed E-state index contributed by atoms with van der Waals surface area (Å²) < 4.78 is 4.93. The van der Waals surface area contributed by atoms with Gasteiger partial charge in [-0.25, -0.2) is 4.98 Å². The summed E-state index contributed by atoms with van der Waals surface area (Å²) in [5.74, 6) is 1.01. The van der Waals surface area contributed by atoms with Crippen molar-refractivity contribution in [1.82, 2.24) is 10.3 Å². The van der Waals surface area contributed by atoms with Crippen LogP contribution in [0, 0.1) is 5.92 Å². The molecule has 0 radical (unpaired) electrons. The number of nitrogens with zero attached hydrogens (tertiary/aromatic N) is 2. The number of benzene rings is 1. The van der Waals surface area contributed by atoms with Crippen LogP contribution < -0.4 is 10.2 Å². The molecule has 1 N–H and O–H groups in total. The second kappa shape index (κ2) is 9.73. The van der Waals surface area contributed by atoms with E-state index >= 15 is 0 Å². The van der Waals surface area contributed by atoms with Crippen LogP contribution >= 0.6 is 11.6 Å². The first-order valence-electron chi connectivity index (χ1n) is 9.72. The van der Waals surface area contributed by atoms with Crippen molar-refractivity contribution in [2.45, 2.75) is 32.1 Å². The van der Waals surface area contributed by atoms with Crippen LogP contribution in [-0.2, 0) is 14.3 Å². The molecule has 150 valence electrons. The maximum atomic E-state index is 11.6. The Morgan fingerprint density at radius 2 is 2.00 bits per heavy atom. The number of anilines is 1. The summed E-state index contributed by atoms with van der Waals surface area (Å²) in [7, 11) is 1.52. The number of pyridine rings is 1. The minimum Gasteiger partial charge on any atom is -0.456 e. The Bertz CT molecular complexity index is 835. The van der Waals surface area contributed by atoms with E-state index in [9.17, 15) is 9.59 Å². The molecule has 1 aromatic carbocycles. The molecule has 28 heavy (non-hydrogen) atoms. The standard InChI is InChI=1S/C21H26ClN3O3/c1-23-20(26)14-28-21(27)4-2-3-15-9-11-25(12-10-15)19-8-6-16-5-7-17(22)13-18(16)24-19/h5-8,13,15H,2-4,9-12,14H2,1H3,(H,23,26). The van der Waals surface area contributed by atoms with Gasteiger partial charge in [-0.05, 0) is 55.9 Å². The van der Waals surface area contributed by atoms with Crippen LogP contribution in [0.2, 0.25) is 5.02 Å². The molecule has 0 atom stereocenters. The van der Waals surface area contributed by atoms with E-state index in [1.54, 1.807) is 0 Å². The Morgan fingerprint density at radius 1 is 1.25 bits per heavy atom. The van der Waals surface area contributed by atoms with E-state index in [-0.39, 0.29) is 18.5 Å². The number of hydrogen-bond donors (Lipinski definition) is 1. The van der Waals surface area contributed by atoms with Gasteiger partial charge in [0.25, 0.3) is 5.91 Å². The maximum absolute atomic E-state index is 11.6. The van der Waals surface area contributed by atoms with E-state index < -0.39 is 0 Å². The van der Waals surface area contributed by atoms with Crippen molar-refractivity contribution in [1.29, 1.82) is 0 Å². The fraction of sp³-hybridized carbons (Fsp3) is 0.476. The minimum absolute atomic E-state index is 0.197. The van der Waals surface area contributed by atoms with E-state index in [2.05, 4.69) is 22.3 Å². The van der Waals surface area contributed by atoms with Gasteiger partial charge in [-0.1, -0.05) is 17.7 Å². The van der Waals surface area contributed by atoms with Crippen molar-refractivity contribution in [3.63, 3.8) is 0 Å². The molecule has 1 amide bonds. The average molecular weight is 404 g/mol. The molecule has 0 aliphatic carbocycles. The van der Waals surface area contributed by atoms with Crippen LogP contribution in [0.25, 0.3) is 10.9 Å². The van der Waals surface area contributed by atoms with Gasteiger partial charge in [-0.3, -0.25) is 9.59 Å². The van der Waals surface area contributed by atoms with Gasteiger partial charge in [0, 0.05) is 37.0 Å². The number of halogens is 1. The fourth-order valence-corrected chi connectivity index (χ4v) is 3.70. The van der Waals surface area contributed by atoms with Crippen LogP contribution in [0.5, 0.6) is 0 Å². The quantitative estimate of drug-likeness (QED) is 0.715. The van der Waals surface area contributed by atoms with Crippen molar-refractivity contribution < 1.29 is 14.3 Å². The van der Waals surface area contributed by atoms with E-state index in [0.29, 0.717) is 17.4 Å². The van der Waals surface area contributed by atoms with Crippen molar-refractivity contribution in [3.8, 4) is 0 Å². The maximum Gasteiger partial charge on any atom is 0.306 e. The van der Waals surface area contributed by atoms with E-state index in [4.69, 9.17) is 21.3 Å². The summed E-state index contributed by atoms with van der Waals surface area (Å²) in [5.41, 5.74) is 0.919. The fourth-order valence-electron chi connectivity index (χ4n) is 3.53. The van der Waals surface area contributed by atoms with Gasteiger partial charge < -0.3 is 15.0 Å². The molecule has 1 saturated heterocycles. The highest BCUT2D eigenvalue weighted by atomic mass is 35.5. The number of aromatic nitrogens is 1. The number of rotatable bonds is 7. The van der Waals surface area contributed by atoms with Gasteiger partial charge in [-0.15, -0.1) is 0 Å². The second-order valence-electron chi connectivity index (χ2n) is 7.16. The third-order valence-electron chi connectivity index (χ3n) is 5.21. The summed E-state index contributed by atoms with van der Waals surface area (Å²) in [6.07, 6.45) is 4.34. The summed E-state index contributed by atoms with van der Waals surface area (Å²) in [6, 6.07) is 9.92. The normalized spacial score (nSPS) is 14.9. The molecule has 2 heterocycles. The predicted octanol–water partition coefficient (Wildman–Crippen LogP) is 3.56. The first-order chi connectivity index (χ1) is 13.5. The first-order valence-corrected chi connectivity index (χ1v) is 10.1. The van der Waals surface area contributed by atoms with E-state index in [1.807, 2.05) is 18.2 Å². The van der Waals surface area contributed by atoms with Crippen LogP contribution in [0.15, 0.2) is 30.3 Å². The molecule has 0 saturated carbocycles. The number of likely N-dealkylation sites (N-methyl/N-ethyl adjacent to an activating group) is 1. The van der Waals surface area contributed by atoms with Crippen molar-refractivity contribution in [3.05, 3.63) is 35.4 Å². The van der Waals surface area contributed by atoms with Crippen LogP contribution in [0.4, 0.5) is 5.82 Å². The number of hydrogen-bond acceptors (Lipinski definition) is 5. The van der Waals surface area contributed by atoms with Crippen molar-refractivity contribution in [2.24, 2.45) is 5.92 Å². The Hall–Kier alpha value is -2.34. The molecule has 1 fully saturated rings. The zero-order valence-corrected chi connectivity index (χ0v) is 16.9. The highest BCUT2D eigenvalue weighted by molar-refractivity contribution is 6.31. The number of piperidine rings is 1. The molecule has 1 aliphatic heterocycles. The number of carbonyl (C=O) groups is 2. The smallest absolute Gasteiger partial charge is 0.306 e. The van der Waals surface area contributed by atoms with Gasteiger partial charge in [-0.2, -0.15) is 0 Å². The molecule has 2 aromatic rings. The highest BCUT2D eigenvalue weighted by Gasteiger charge is 2.20. The molecule has 6 nitrogen and oxygen atoms in total. The lowest BCUT2D eigenvalue weighted by atomic mass is 9.91. The lowest BCUT2D eigenvalue weighted by molar-refractivity contribution is -0.148. The first kappa shape index (κ1) is 20.4. The zero-order valence-electron chi connectivity index (χ0n) is 16.1. The van der Waals surface area contributed by atoms with Gasteiger partial charge in [0.1, 0.15) is 5.82 Å². The number of esters is 1. The third-order valence-corrected chi connectivity index (χ3v) is 5.45.